The van der Waals surface area contributed by atoms with E-state index >= 15 is 0 Å². The van der Waals surface area contributed by atoms with Crippen molar-refractivity contribution in [1.29, 1.82) is 0 Å². The number of nitrogens with one attached hydrogen (secondary N) is 2. The van der Waals surface area contributed by atoms with E-state index in [2.05, 4.69) is 34.7 Å². The van der Waals surface area contributed by atoms with Crippen LogP contribution in [0.25, 0.3) is 0 Å². The number of amides is 1. The van der Waals surface area contributed by atoms with Gasteiger partial charge in [-0.15, -0.1) is 0 Å². The van der Waals surface area contributed by atoms with Crippen molar-refractivity contribution in [2.75, 3.05) is 36.9 Å². The lowest BCUT2D eigenvalue weighted by Crippen LogP contribution is -2.30. The fourth-order valence-corrected chi connectivity index (χ4v) is 2.18. The number of hydrogen-bond donors (Lipinski definition) is 2. The van der Waals surface area contributed by atoms with Crippen molar-refractivity contribution in [2.24, 2.45) is 0 Å². The Hall–Kier alpha value is -2.33. The third kappa shape index (κ3) is 5.58. The van der Waals surface area contributed by atoms with E-state index in [1.165, 1.54) is 5.69 Å². The van der Waals surface area contributed by atoms with Crippen LogP contribution in [0.3, 0.4) is 0 Å². The number of benzene rings is 2. The predicted molar refractivity (Wildman–Crippen MR) is 92.3 cm³/mol. The van der Waals surface area contributed by atoms with E-state index < -0.39 is 0 Å². The first-order chi connectivity index (χ1) is 10.8. The lowest BCUT2D eigenvalue weighted by atomic mass is 10.3. The van der Waals surface area contributed by atoms with Crippen molar-refractivity contribution in [3.8, 4) is 0 Å². The fraction of sp³-hybridized carbons (Fsp3) is 0.278. The zero-order valence-corrected chi connectivity index (χ0v) is 13.0. The summed E-state index contributed by atoms with van der Waals surface area (Å²) in [4.78, 5) is 14.0. The second kappa shape index (κ2) is 8.85. The quantitative estimate of drug-likeness (QED) is 0.736. The molecule has 2 aromatic rings. The van der Waals surface area contributed by atoms with Crippen molar-refractivity contribution in [3.05, 3.63) is 60.7 Å². The van der Waals surface area contributed by atoms with E-state index in [0.717, 1.165) is 25.2 Å². The molecule has 0 aliphatic rings. The van der Waals surface area contributed by atoms with Crippen LogP contribution in [-0.4, -0.2) is 32.6 Å². The molecular formula is C18H23N3O. The molecule has 0 aromatic heterocycles. The smallest absolute Gasteiger partial charge is 0.238 e. The molecule has 0 atom stereocenters. The van der Waals surface area contributed by atoms with Crippen LogP contribution in [0.4, 0.5) is 11.4 Å². The molecule has 2 N–H and O–H groups in total. The van der Waals surface area contributed by atoms with E-state index in [4.69, 9.17) is 0 Å². The summed E-state index contributed by atoms with van der Waals surface area (Å²) in [5.74, 6) is -0.0115. The number of rotatable bonds is 8. The van der Waals surface area contributed by atoms with Crippen LogP contribution in [0.1, 0.15) is 6.42 Å². The summed E-state index contributed by atoms with van der Waals surface area (Å²) >= 11 is 0. The Morgan fingerprint density at radius 2 is 1.64 bits per heavy atom. The molecule has 22 heavy (non-hydrogen) atoms. The monoisotopic (exact) mass is 297 g/mol. The molecule has 1 amide bonds. The zero-order chi connectivity index (χ0) is 15.6. The van der Waals surface area contributed by atoms with Gasteiger partial charge in [0.2, 0.25) is 5.91 Å². The van der Waals surface area contributed by atoms with Gasteiger partial charge in [-0.1, -0.05) is 36.4 Å². The van der Waals surface area contributed by atoms with Crippen LogP contribution in [-0.2, 0) is 4.79 Å². The average molecular weight is 297 g/mol. The Morgan fingerprint density at radius 1 is 1.00 bits per heavy atom. The predicted octanol–water partition coefficient (Wildman–Crippen LogP) is 2.74. The lowest BCUT2D eigenvalue weighted by molar-refractivity contribution is -0.115. The molecule has 116 valence electrons. The molecule has 0 bridgehead atoms. The van der Waals surface area contributed by atoms with Crippen molar-refractivity contribution in [2.45, 2.75) is 6.42 Å². The summed E-state index contributed by atoms with van der Waals surface area (Å²) in [7, 11) is 2.08. The van der Waals surface area contributed by atoms with Crippen molar-refractivity contribution < 1.29 is 4.79 Å². The van der Waals surface area contributed by atoms with E-state index in [1.54, 1.807) is 0 Å². The number of nitrogens with zero attached hydrogens (tertiary/aromatic N) is 1. The van der Waals surface area contributed by atoms with Gasteiger partial charge in [-0.3, -0.25) is 4.79 Å². The van der Waals surface area contributed by atoms with Gasteiger partial charge in [-0.05, 0) is 37.2 Å². The molecule has 0 saturated heterocycles. The standard InChI is InChI=1S/C18H23N3O/c1-21(17-11-6-3-7-12-17)14-8-13-19-15-18(22)20-16-9-4-2-5-10-16/h2-7,9-12,19H,8,13-15H2,1H3,(H,20,22). The molecule has 4 heteroatoms. The van der Waals surface area contributed by atoms with Crippen molar-refractivity contribution >= 4 is 17.3 Å². The number of carbonyl (C=O) groups excluding carboxylic acids is 1. The van der Waals surface area contributed by atoms with Gasteiger partial charge in [-0.2, -0.15) is 0 Å². The molecule has 0 unspecified atom stereocenters. The summed E-state index contributed by atoms with van der Waals surface area (Å²) in [6.45, 7) is 2.11. The van der Waals surface area contributed by atoms with Crippen LogP contribution < -0.4 is 15.5 Å². The molecule has 0 saturated carbocycles. The van der Waals surface area contributed by atoms with Crippen LogP contribution in [0, 0.1) is 0 Å². The van der Waals surface area contributed by atoms with Gasteiger partial charge < -0.3 is 15.5 Å². The molecule has 4 nitrogen and oxygen atoms in total. The van der Waals surface area contributed by atoms with E-state index in [9.17, 15) is 4.79 Å². The van der Waals surface area contributed by atoms with Crippen LogP contribution >= 0.6 is 0 Å². The average Bonchev–Trinajstić information content (AvgIpc) is 2.56. The molecule has 0 fully saturated rings. The van der Waals surface area contributed by atoms with E-state index in [0.29, 0.717) is 6.54 Å². The first-order valence-corrected chi connectivity index (χ1v) is 7.57. The van der Waals surface area contributed by atoms with Crippen LogP contribution in [0.5, 0.6) is 0 Å². The molecule has 0 heterocycles. The maximum atomic E-state index is 11.7. The second-order valence-electron chi connectivity index (χ2n) is 5.20. The molecule has 0 spiro atoms. The molecule has 0 aliphatic carbocycles. The molecule has 2 aromatic carbocycles. The SMILES string of the molecule is CN(CCCNCC(=O)Nc1ccccc1)c1ccccc1. The van der Waals surface area contributed by atoms with Gasteiger partial charge in [0.1, 0.15) is 0 Å². The van der Waals surface area contributed by atoms with E-state index in [-0.39, 0.29) is 5.91 Å². The van der Waals surface area contributed by atoms with Gasteiger partial charge >= 0.3 is 0 Å². The van der Waals surface area contributed by atoms with Crippen LogP contribution in [0.15, 0.2) is 60.7 Å². The topological polar surface area (TPSA) is 44.4 Å². The third-order valence-corrected chi connectivity index (χ3v) is 3.39. The van der Waals surface area contributed by atoms with Crippen molar-refractivity contribution in [3.63, 3.8) is 0 Å². The number of hydrogen-bond acceptors (Lipinski definition) is 3. The first-order valence-electron chi connectivity index (χ1n) is 7.57. The van der Waals surface area contributed by atoms with E-state index in [1.807, 2.05) is 48.5 Å². The van der Waals surface area contributed by atoms with Crippen LogP contribution in [0.2, 0.25) is 0 Å². The number of anilines is 2. The Bertz CT molecular complexity index is 557. The maximum Gasteiger partial charge on any atom is 0.238 e. The highest BCUT2D eigenvalue weighted by Crippen LogP contribution is 2.10. The summed E-state index contributed by atoms with van der Waals surface area (Å²) in [6, 6.07) is 19.8. The summed E-state index contributed by atoms with van der Waals surface area (Å²) < 4.78 is 0. The van der Waals surface area contributed by atoms with Gasteiger partial charge in [0.25, 0.3) is 0 Å². The normalized spacial score (nSPS) is 10.2. The highest BCUT2D eigenvalue weighted by atomic mass is 16.1. The third-order valence-electron chi connectivity index (χ3n) is 3.39. The molecule has 2 rings (SSSR count). The summed E-state index contributed by atoms with van der Waals surface area (Å²) in [6.07, 6.45) is 0.990. The maximum absolute atomic E-state index is 11.7. The second-order valence-corrected chi connectivity index (χ2v) is 5.20. The lowest BCUT2D eigenvalue weighted by Gasteiger charge is -2.19. The highest BCUT2D eigenvalue weighted by molar-refractivity contribution is 5.92. The highest BCUT2D eigenvalue weighted by Gasteiger charge is 2.02. The minimum Gasteiger partial charge on any atom is -0.375 e. The Morgan fingerprint density at radius 3 is 2.32 bits per heavy atom. The Kier molecular flexibility index (Phi) is 6.45. The minimum atomic E-state index is -0.0115. The first kappa shape index (κ1) is 16.0. The summed E-state index contributed by atoms with van der Waals surface area (Å²) in [5, 5.41) is 6.03. The molecule has 0 radical (unpaired) electrons. The minimum absolute atomic E-state index is 0.0115. The molecular weight excluding hydrogens is 274 g/mol. The largest absolute Gasteiger partial charge is 0.375 e. The van der Waals surface area contributed by atoms with Gasteiger partial charge in [0.05, 0.1) is 6.54 Å². The zero-order valence-electron chi connectivity index (χ0n) is 13.0. The fourth-order valence-electron chi connectivity index (χ4n) is 2.18. The Balaban J connectivity index is 1.58. The van der Waals surface area contributed by atoms with Gasteiger partial charge in [0, 0.05) is 25.0 Å². The Labute approximate surface area is 132 Å². The summed E-state index contributed by atoms with van der Waals surface area (Å²) in [5.41, 5.74) is 2.04. The van der Waals surface area contributed by atoms with Gasteiger partial charge in [0.15, 0.2) is 0 Å². The number of carbonyl (C=O) groups is 1. The number of para-hydroxylation sites is 2. The van der Waals surface area contributed by atoms with Gasteiger partial charge in [-0.25, -0.2) is 0 Å². The van der Waals surface area contributed by atoms with Crippen molar-refractivity contribution in [1.82, 2.24) is 5.32 Å². The molecule has 0 aliphatic heterocycles.